The summed E-state index contributed by atoms with van der Waals surface area (Å²) in [5.41, 5.74) is 0. The summed E-state index contributed by atoms with van der Waals surface area (Å²) < 4.78 is 29.0. The van der Waals surface area contributed by atoms with Crippen molar-refractivity contribution < 1.29 is 17.9 Å². The van der Waals surface area contributed by atoms with Crippen LogP contribution in [0.1, 0.15) is 6.42 Å². The topological polar surface area (TPSA) is 60.4 Å². The first kappa shape index (κ1) is 12.3. The van der Waals surface area contributed by atoms with E-state index in [2.05, 4.69) is 0 Å². The number of benzene rings is 1. The van der Waals surface area contributed by atoms with Crippen LogP contribution in [0.3, 0.4) is 0 Å². The molecule has 1 aromatic carbocycles. The van der Waals surface area contributed by atoms with Crippen LogP contribution in [0.2, 0.25) is 0 Å². The lowest BCUT2D eigenvalue weighted by Gasteiger charge is -2.07. The summed E-state index contributed by atoms with van der Waals surface area (Å²) in [5, 5.41) is 0. The molecule has 1 aliphatic rings. The number of rotatable bonds is 4. The van der Waals surface area contributed by atoms with Crippen LogP contribution in [0.4, 0.5) is 0 Å². The molecule has 1 unspecified atom stereocenters. The Bertz CT molecular complexity index is 486. The molecule has 0 aliphatic carbocycles. The molecule has 5 heteroatoms. The third kappa shape index (κ3) is 2.92. The van der Waals surface area contributed by atoms with Crippen molar-refractivity contribution in [3.63, 3.8) is 0 Å². The standard InChI is InChI=1S/C12H14O4S/c13-12(10-6-7-16-8-10)9-17(14,15)11-4-2-1-3-5-11/h1-5,10H,6-9H2. The zero-order valence-corrected chi connectivity index (χ0v) is 10.2. The molecule has 0 spiro atoms. The maximum Gasteiger partial charge on any atom is 0.185 e. The van der Waals surface area contributed by atoms with Crippen molar-refractivity contribution >= 4 is 15.6 Å². The Morgan fingerprint density at radius 2 is 2.00 bits per heavy atom. The van der Waals surface area contributed by atoms with Gasteiger partial charge in [-0.2, -0.15) is 0 Å². The van der Waals surface area contributed by atoms with Crippen molar-refractivity contribution in [2.45, 2.75) is 11.3 Å². The van der Waals surface area contributed by atoms with Gasteiger partial charge in [0.15, 0.2) is 15.6 Å². The minimum absolute atomic E-state index is 0.201. The summed E-state index contributed by atoms with van der Waals surface area (Å²) in [6.07, 6.45) is 0.628. The van der Waals surface area contributed by atoms with E-state index in [0.29, 0.717) is 19.6 Å². The lowest BCUT2D eigenvalue weighted by molar-refractivity contribution is -0.120. The number of ether oxygens (including phenoxy) is 1. The van der Waals surface area contributed by atoms with Gasteiger partial charge in [0.05, 0.1) is 11.5 Å². The van der Waals surface area contributed by atoms with Crippen LogP contribution in [0.5, 0.6) is 0 Å². The first-order chi connectivity index (χ1) is 8.09. The van der Waals surface area contributed by atoms with E-state index in [0.717, 1.165) is 0 Å². The smallest absolute Gasteiger partial charge is 0.185 e. The fourth-order valence-corrected chi connectivity index (χ4v) is 3.15. The molecule has 0 amide bonds. The largest absolute Gasteiger partial charge is 0.381 e. The maximum atomic E-state index is 11.9. The van der Waals surface area contributed by atoms with Crippen molar-refractivity contribution in [3.8, 4) is 0 Å². The first-order valence-corrected chi connectivity index (χ1v) is 7.13. The second-order valence-corrected chi connectivity index (χ2v) is 6.09. The van der Waals surface area contributed by atoms with Gasteiger partial charge in [-0.05, 0) is 18.6 Å². The molecule has 0 N–H and O–H groups in total. The highest BCUT2D eigenvalue weighted by Crippen LogP contribution is 2.17. The quantitative estimate of drug-likeness (QED) is 0.806. The lowest BCUT2D eigenvalue weighted by Crippen LogP contribution is -2.24. The van der Waals surface area contributed by atoms with E-state index >= 15 is 0 Å². The monoisotopic (exact) mass is 254 g/mol. The second-order valence-electron chi connectivity index (χ2n) is 4.10. The molecule has 0 aromatic heterocycles. The summed E-state index contributed by atoms with van der Waals surface area (Å²) in [7, 11) is -3.50. The second kappa shape index (κ2) is 4.98. The average molecular weight is 254 g/mol. The van der Waals surface area contributed by atoms with Crippen LogP contribution in [-0.2, 0) is 19.4 Å². The van der Waals surface area contributed by atoms with Gasteiger partial charge in [0.1, 0.15) is 5.75 Å². The Labute approximate surface area is 101 Å². The van der Waals surface area contributed by atoms with E-state index in [1.54, 1.807) is 18.2 Å². The summed E-state index contributed by atoms with van der Waals surface area (Å²) in [4.78, 5) is 12.0. The van der Waals surface area contributed by atoms with Crippen molar-refractivity contribution in [1.82, 2.24) is 0 Å². The van der Waals surface area contributed by atoms with E-state index in [1.807, 2.05) is 0 Å². The Morgan fingerprint density at radius 1 is 1.29 bits per heavy atom. The minimum Gasteiger partial charge on any atom is -0.381 e. The predicted octanol–water partition coefficient (Wildman–Crippen LogP) is 1.07. The fraction of sp³-hybridized carbons (Fsp3) is 0.417. The van der Waals surface area contributed by atoms with Gasteiger partial charge in [0, 0.05) is 12.5 Å². The van der Waals surface area contributed by atoms with E-state index in [4.69, 9.17) is 4.74 Å². The average Bonchev–Trinajstić information content (AvgIpc) is 2.83. The normalized spacial score (nSPS) is 20.4. The molecule has 92 valence electrons. The van der Waals surface area contributed by atoms with Crippen molar-refractivity contribution in [2.75, 3.05) is 19.0 Å². The molecular weight excluding hydrogens is 240 g/mol. The van der Waals surface area contributed by atoms with Crippen molar-refractivity contribution in [3.05, 3.63) is 30.3 Å². The molecule has 0 bridgehead atoms. The van der Waals surface area contributed by atoms with Crippen LogP contribution < -0.4 is 0 Å². The van der Waals surface area contributed by atoms with Gasteiger partial charge in [0.2, 0.25) is 0 Å². The number of hydrogen-bond acceptors (Lipinski definition) is 4. The van der Waals surface area contributed by atoms with E-state index in [9.17, 15) is 13.2 Å². The van der Waals surface area contributed by atoms with E-state index in [-0.39, 0.29) is 16.6 Å². The van der Waals surface area contributed by atoms with Gasteiger partial charge in [-0.25, -0.2) is 8.42 Å². The van der Waals surface area contributed by atoms with Crippen molar-refractivity contribution in [2.24, 2.45) is 5.92 Å². The summed E-state index contributed by atoms with van der Waals surface area (Å²) in [6.45, 7) is 0.894. The number of carbonyl (C=O) groups is 1. The molecule has 1 fully saturated rings. The molecule has 0 saturated carbocycles. The molecule has 1 aromatic rings. The molecule has 17 heavy (non-hydrogen) atoms. The lowest BCUT2D eigenvalue weighted by atomic mass is 10.1. The van der Waals surface area contributed by atoms with Crippen LogP contribution >= 0.6 is 0 Å². The molecular formula is C12H14O4S. The van der Waals surface area contributed by atoms with Gasteiger partial charge in [-0.3, -0.25) is 4.79 Å². The maximum absolute atomic E-state index is 11.9. The van der Waals surface area contributed by atoms with Crippen molar-refractivity contribution in [1.29, 1.82) is 0 Å². The summed E-state index contributed by atoms with van der Waals surface area (Å²) >= 11 is 0. The Hall–Kier alpha value is -1.20. The number of Topliss-reactive ketones (excluding diaryl/α,β-unsaturated/α-hetero) is 1. The third-order valence-electron chi connectivity index (χ3n) is 2.82. The van der Waals surface area contributed by atoms with Crippen LogP contribution in [-0.4, -0.2) is 33.2 Å². The Balaban J connectivity index is 2.10. The molecule has 1 aliphatic heterocycles. The van der Waals surface area contributed by atoms with Gasteiger partial charge >= 0.3 is 0 Å². The van der Waals surface area contributed by atoms with Gasteiger partial charge in [-0.1, -0.05) is 18.2 Å². The zero-order valence-electron chi connectivity index (χ0n) is 9.33. The molecule has 0 radical (unpaired) electrons. The summed E-state index contributed by atoms with van der Waals surface area (Å²) in [6, 6.07) is 8.05. The Morgan fingerprint density at radius 3 is 2.59 bits per heavy atom. The van der Waals surface area contributed by atoms with Crippen LogP contribution in [0.15, 0.2) is 35.2 Å². The first-order valence-electron chi connectivity index (χ1n) is 5.48. The van der Waals surface area contributed by atoms with E-state index in [1.165, 1.54) is 12.1 Å². The molecule has 1 heterocycles. The SMILES string of the molecule is O=C(CS(=O)(=O)c1ccccc1)C1CCOC1. The predicted molar refractivity (Wildman–Crippen MR) is 62.4 cm³/mol. The summed E-state index contributed by atoms with van der Waals surface area (Å²) in [5.74, 6) is -0.926. The third-order valence-corrected chi connectivity index (χ3v) is 4.47. The highest BCUT2D eigenvalue weighted by atomic mass is 32.2. The Kier molecular flexibility index (Phi) is 3.59. The molecule has 4 nitrogen and oxygen atoms in total. The fourth-order valence-electron chi connectivity index (χ4n) is 1.80. The number of sulfone groups is 1. The van der Waals surface area contributed by atoms with Crippen LogP contribution in [0, 0.1) is 5.92 Å². The number of carbonyl (C=O) groups excluding carboxylic acids is 1. The zero-order chi connectivity index (χ0) is 12.3. The molecule has 2 rings (SSSR count). The highest BCUT2D eigenvalue weighted by Gasteiger charge is 2.28. The molecule has 1 atom stereocenters. The van der Waals surface area contributed by atoms with E-state index < -0.39 is 15.6 Å². The van der Waals surface area contributed by atoms with Gasteiger partial charge < -0.3 is 4.74 Å². The minimum atomic E-state index is -3.50. The number of hydrogen-bond donors (Lipinski definition) is 0. The molecule has 1 saturated heterocycles. The highest BCUT2D eigenvalue weighted by molar-refractivity contribution is 7.92. The number of ketones is 1. The van der Waals surface area contributed by atoms with Gasteiger partial charge in [-0.15, -0.1) is 0 Å². The van der Waals surface area contributed by atoms with Crippen LogP contribution in [0.25, 0.3) is 0 Å². The van der Waals surface area contributed by atoms with Gasteiger partial charge in [0.25, 0.3) is 0 Å².